The van der Waals surface area contributed by atoms with Crippen molar-refractivity contribution in [2.24, 2.45) is 10.7 Å². The topological polar surface area (TPSA) is 94.2 Å². The van der Waals surface area contributed by atoms with Crippen LogP contribution in [-0.4, -0.2) is 33.9 Å². The molecule has 144 valence electrons. The van der Waals surface area contributed by atoms with Gasteiger partial charge in [-0.2, -0.15) is 0 Å². The van der Waals surface area contributed by atoms with E-state index in [-0.39, 0.29) is 19.1 Å². The molecule has 2 amide bonds. The molecule has 2 aliphatic rings. The van der Waals surface area contributed by atoms with Crippen molar-refractivity contribution < 1.29 is 19.1 Å². The molecule has 0 unspecified atom stereocenters. The number of rotatable bonds is 4. The summed E-state index contributed by atoms with van der Waals surface area (Å²) in [6.07, 6.45) is 0.0319. The molecule has 2 heterocycles. The summed E-state index contributed by atoms with van der Waals surface area (Å²) < 4.78 is 10.7. The molecule has 1 saturated heterocycles. The Bertz CT molecular complexity index is 964. The third-order valence-corrected chi connectivity index (χ3v) is 5.74. The first-order chi connectivity index (χ1) is 13.5. The van der Waals surface area contributed by atoms with E-state index >= 15 is 0 Å². The van der Waals surface area contributed by atoms with Crippen molar-refractivity contribution in [3.63, 3.8) is 0 Å². The summed E-state index contributed by atoms with van der Waals surface area (Å²) in [6.45, 7) is 0.473. The van der Waals surface area contributed by atoms with Crippen LogP contribution in [-0.2, 0) is 16.1 Å². The van der Waals surface area contributed by atoms with Gasteiger partial charge in [0.05, 0.1) is 17.5 Å². The molecule has 0 radical (unpaired) electrons. The number of nitrogens with zero attached hydrogens (tertiary/aromatic N) is 2. The number of primary amides is 1. The Balaban J connectivity index is 1.64. The van der Waals surface area contributed by atoms with Crippen LogP contribution in [0.4, 0.5) is 5.69 Å². The molecule has 2 aromatic carbocycles. The molecule has 1 fully saturated rings. The Morgan fingerprint density at radius 1 is 1.21 bits per heavy atom. The Morgan fingerprint density at radius 3 is 2.71 bits per heavy atom. The van der Waals surface area contributed by atoms with Crippen LogP contribution in [0.2, 0.25) is 5.02 Å². The van der Waals surface area contributed by atoms with E-state index in [4.69, 9.17) is 26.8 Å². The summed E-state index contributed by atoms with van der Waals surface area (Å²) in [7, 11) is 0. The minimum Gasteiger partial charge on any atom is -0.454 e. The van der Waals surface area contributed by atoms with Gasteiger partial charge in [0.25, 0.3) is 0 Å². The molecule has 4 rings (SSSR count). The number of carbonyl (C=O) groups is 2. The summed E-state index contributed by atoms with van der Waals surface area (Å²) in [4.78, 5) is 30.5. The summed E-state index contributed by atoms with van der Waals surface area (Å²) in [6, 6.07) is 12.4. The van der Waals surface area contributed by atoms with Gasteiger partial charge in [0, 0.05) is 11.4 Å². The van der Waals surface area contributed by atoms with Gasteiger partial charge in [0.2, 0.25) is 18.6 Å². The highest BCUT2D eigenvalue weighted by Gasteiger charge is 2.35. The second kappa shape index (κ2) is 7.73. The fraction of sp³-hybridized carbons (Fsp3) is 0.211. The fourth-order valence-electron chi connectivity index (χ4n) is 2.86. The minimum atomic E-state index is -0.647. The van der Waals surface area contributed by atoms with Crippen LogP contribution in [0.5, 0.6) is 11.5 Å². The van der Waals surface area contributed by atoms with Crippen LogP contribution >= 0.6 is 23.4 Å². The minimum absolute atomic E-state index is 0.0319. The van der Waals surface area contributed by atoms with Crippen LogP contribution in [0.1, 0.15) is 12.0 Å². The first kappa shape index (κ1) is 18.6. The van der Waals surface area contributed by atoms with Crippen molar-refractivity contribution in [3.8, 4) is 11.5 Å². The third-order valence-electron chi connectivity index (χ3n) is 4.29. The lowest BCUT2D eigenvalue weighted by Gasteiger charge is -2.31. The van der Waals surface area contributed by atoms with Crippen molar-refractivity contribution in [1.82, 2.24) is 4.90 Å². The maximum Gasteiger partial charge on any atom is 0.231 e. The Hall–Kier alpha value is -2.71. The van der Waals surface area contributed by atoms with E-state index in [0.717, 1.165) is 5.56 Å². The van der Waals surface area contributed by atoms with Crippen LogP contribution < -0.4 is 15.2 Å². The van der Waals surface area contributed by atoms with E-state index in [0.29, 0.717) is 33.9 Å². The van der Waals surface area contributed by atoms with Gasteiger partial charge in [-0.15, -0.1) is 0 Å². The van der Waals surface area contributed by atoms with E-state index in [1.165, 1.54) is 11.8 Å². The number of fused-ring (bicyclic) bond motifs is 1. The monoisotopic (exact) mass is 417 g/mol. The smallest absolute Gasteiger partial charge is 0.231 e. The van der Waals surface area contributed by atoms with Gasteiger partial charge >= 0.3 is 0 Å². The van der Waals surface area contributed by atoms with E-state index in [2.05, 4.69) is 4.99 Å². The van der Waals surface area contributed by atoms with Gasteiger partial charge in [-0.3, -0.25) is 14.5 Å². The van der Waals surface area contributed by atoms with E-state index in [1.54, 1.807) is 29.2 Å². The first-order valence-corrected chi connectivity index (χ1v) is 9.74. The summed E-state index contributed by atoms with van der Waals surface area (Å²) in [5, 5.41) is 0.357. The Morgan fingerprint density at radius 2 is 1.96 bits per heavy atom. The zero-order valence-electron chi connectivity index (χ0n) is 14.6. The largest absolute Gasteiger partial charge is 0.454 e. The standard InChI is InChI=1S/C19H16ClN3O4S/c20-12-2-4-13(5-3-12)22-19-23(17(24)8-16(28-19)18(21)25)9-11-1-6-14-15(7-11)27-10-26-14/h1-7,16H,8-10H2,(H2,21,25)/t16-/m1/s1. The highest BCUT2D eigenvalue weighted by atomic mass is 35.5. The van der Waals surface area contributed by atoms with Crippen LogP contribution in [0.3, 0.4) is 0 Å². The number of ether oxygens (including phenoxy) is 2. The summed E-state index contributed by atoms with van der Waals surface area (Å²) in [5.74, 6) is 0.561. The maximum absolute atomic E-state index is 12.7. The molecule has 0 aliphatic carbocycles. The fourth-order valence-corrected chi connectivity index (χ4v) is 4.03. The number of carbonyl (C=O) groups excluding carboxylic acids is 2. The molecular formula is C19H16ClN3O4S. The van der Waals surface area contributed by atoms with Gasteiger partial charge in [-0.05, 0) is 42.0 Å². The molecule has 0 bridgehead atoms. The lowest BCUT2D eigenvalue weighted by molar-refractivity contribution is -0.130. The number of benzene rings is 2. The normalized spacial score (nSPS) is 19.9. The van der Waals surface area contributed by atoms with E-state index in [9.17, 15) is 9.59 Å². The van der Waals surface area contributed by atoms with Crippen molar-refractivity contribution in [3.05, 3.63) is 53.1 Å². The molecule has 7 nitrogen and oxygen atoms in total. The second-order valence-electron chi connectivity index (χ2n) is 6.25. The number of hydrogen-bond acceptors (Lipinski definition) is 6. The molecule has 2 N–H and O–H groups in total. The Kier molecular flexibility index (Phi) is 5.15. The lowest BCUT2D eigenvalue weighted by Crippen LogP contribution is -2.45. The number of halogens is 1. The average Bonchev–Trinajstić information content (AvgIpc) is 3.13. The quantitative estimate of drug-likeness (QED) is 0.824. The highest BCUT2D eigenvalue weighted by molar-refractivity contribution is 8.15. The molecule has 2 aliphatic heterocycles. The van der Waals surface area contributed by atoms with E-state index < -0.39 is 11.2 Å². The SMILES string of the molecule is NC(=O)[C@H]1CC(=O)N(Cc2ccc3c(c2)OCO3)C(=Nc2ccc(Cl)cc2)S1. The summed E-state index contributed by atoms with van der Waals surface area (Å²) in [5.41, 5.74) is 6.92. The molecule has 9 heteroatoms. The van der Waals surface area contributed by atoms with E-state index in [1.807, 2.05) is 18.2 Å². The summed E-state index contributed by atoms with van der Waals surface area (Å²) >= 11 is 7.11. The van der Waals surface area contributed by atoms with Crippen molar-refractivity contribution >= 4 is 46.0 Å². The second-order valence-corrected chi connectivity index (χ2v) is 7.86. The van der Waals surface area contributed by atoms with Crippen molar-refractivity contribution in [1.29, 1.82) is 0 Å². The molecule has 0 saturated carbocycles. The van der Waals surface area contributed by atoms with Crippen molar-refractivity contribution in [2.45, 2.75) is 18.2 Å². The first-order valence-electron chi connectivity index (χ1n) is 8.49. The maximum atomic E-state index is 12.7. The van der Waals surface area contributed by atoms with Crippen molar-refractivity contribution in [2.75, 3.05) is 6.79 Å². The van der Waals surface area contributed by atoms with Gasteiger partial charge in [-0.1, -0.05) is 29.4 Å². The lowest BCUT2D eigenvalue weighted by atomic mass is 10.1. The number of hydrogen-bond donors (Lipinski definition) is 1. The number of thioether (sulfide) groups is 1. The predicted octanol–water partition coefficient (Wildman–Crippen LogP) is 3.08. The number of nitrogens with two attached hydrogens (primary N) is 1. The molecule has 0 spiro atoms. The number of amides is 2. The number of aliphatic imine (C=N–C) groups is 1. The zero-order chi connectivity index (χ0) is 19.7. The van der Waals surface area contributed by atoms with Gasteiger partial charge in [0.15, 0.2) is 16.7 Å². The molecule has 1 atom stereocenters. The molecular weight excluding hydrogens is 402 g/mol. The molecule has 0 aromatic heterocycles. The molecule has 28 heavy (non-hydrogen) atoms. The van der Waals surface area contributed by atoms with Crippen LogP contribution in [0, 0.1) is 0 Å². The van der Waals surface area contributed by atoms with Crippen LogP contribution in [0.25, 0.3) is 0 Å². The average molecular weight is 418 g/mol. The van der Waals surface area contributed by atoms with Gasteiger partial charge in [0.1, 0.15) is 0 Å². The third kappa shape index (κ3) is 3.93. The van der Waals surface area contributed by atoms with Gasteiger partial charge in [-0.25, -0.2) is 4.99 Å². The molecule has 2 aromatic rings. The Labute approximate surface area is 170 Å². The van der Waals surface area contributed by atoms with Gasteiger partial charge < -0.3 is 15.2 Å². The zero-order valence-corrected chi connectivity index (χ0v) is 16.2. The van der Waals surface area contributed by atoms with Crippen LogP contribution in [0.15, 0.2) is 47.5 Å². The highest BCUT2D eigenvalue weighted by Crippen LogP contribution is 2.34. The number of amidine groups is 1. The predicted molar refractivity (Wildman–Crippen MR) is 107 cm³/mol.